The number of rotatable bonds is 3. The maximum atomic E-state index is 13.2. The molecule has 2 aromatic rings. The maximum absolute atomic E-state index is 13.2. The van der Waals surface area contributed by atoms with Crippen LogP contribution in [0.15, 0.2) is 36.4 Å². The van der Waals surface area contributed by atoms with Gasteiger partial charge in [-0.1, -0.05) is 29.8 Å². The first-order valence-corrected chi connectivity index (χ1v) is 5.74. The number of carbonyl (C=O) groups is 2. The van der Waals surface area contributed by atoms with Crippen molar-refractivity contribution in [1.82, 2.24) is 0 Å². The van der Waals surface area contributed by atoms with Gasteiger partial charge in [-0.05, 0) is 19.1 Å². The third-order valence-electron chi connectivity index (χ3n) is 2.85. The number of hydrogen-bond donors (Lipinski definition) is 1. The van der Waals surface area contributed by atoms with Crippen molar-refractivity contribution in [3.63, 3.8) is 0 Å². The van der Waals surface area contributed by atoms with Crippen molar-refractivity contribution in [2.75, 3.05) is 0 Å². The smallest absolute Gasteiger partial charge is 0.336 e. The monoisotopic (exact) mass is 276 g/mol. The van der Waals surface area contributed by atoms with Gasteiger partial charge in [0.15, 0.2) is 17.4 Å². The zero-order valence-electron chi connectivity index (χ0n) is 10.5. The molecule has 0 amide bonds. The summed E-state index contributed by atoms with van der Waals surface area (Å²) in [7, 11) is 0. The molecular weight excluding hydrogens is 266 g/mol. The first-order chi connectivity index (χ1) is 9.40. The Bertz CT molecular complexity index is 691. The molecule has 2 rings (SSSR count). The lowest BCUT2D eigenvalue weighted by Gasteiger charge is -2.07. The molecule has 0 atom stereocenters. The molecule has 0 aliphatic carbocycles. The van der Waals surface area contributed by atoms with Gasteiger partial charge in [-0.2, -0.15) is 0 Å². The molecule has 102 valence electrons. The molecule has 0 aliphatic heterocycles. The summed E-state index contributed by atoms with van der Waals surface area (Å²) in [5.74, 6) is -4.71. The average molecular weight is 276 g/mol. The molecule has 0 saturated carbocycles. The summed E-state index contributed by atoms with van der Waals surface area (Å²) < 4.78 is 26.3. The lowest BCUT2D eigenvalue weighted by molar-refractivity contribution is 0.0692. The van der Waals surface area contributed by atoms with Crippen molar-refractivity contribution < 1.29 is 23.5 Å². The molecule has 1 N–H and O–H groups in total. The fraction of sp³-hybridized carbons (Fsp3) is 0.0667. The number of aryl methyl sites for hydroxylation is 1. The van der Waals surface area contributed by atoms with Gasteiger partial charge in [-0.3, -0.25) is 4.79 Å². The van der Waals surface area contributed by atoms with E-state index in [0.29, 0.717) is 12.1 Å². The van der Waals surface area contributed by atoms with Crippen molar-refractivity contribution >= 4 is 11.8 Å². The lowest BCUT2D eigenvalue weighted by Crippen LogP contribution is -2.11. The Morgan fingerprint density at radius 2 is 1.45 bits per heavy atom. The van der Waals surface area contributed by atoms with Crippen LogP contribution >= 0.6 is 0 Å². The van der Waals surface area contributed by atoms with Crippen LogP contribution in [-0.2, 0) is 0 Å². The van der Waals surface area contributed by atoms with Crippen LogP contribution in [-0.4, -0.2) is 16.9 Å². The largest absolute Gasteiger partial charge is 0.478 e. The van der Waals surface area contributed by atoms with Crippen LogP contribution in [0.1, 0.15) is 31.8 Å². The van der Waals surface area contributed by atoms with E-state index in [1.54, 1.807) is 12.1 Å². The summed E-state index contributed by atoms with van der Waals surface area (Å²) >= 11 is 0. The average Bonchev–Trinajstić information content (AvgIpc) is 2.41. The van der Waals surface area contributed by atoms with Gasteiger partial charge < -0.3 is 5.11 Å². The number of hydrogen-bond acceptors (Lipinski definition) is 2. The number of halogens is 2. The number of carbonyl (C=O) groups excluding carboxylic acids is 1. The summed E-state index contributed by atoms with van der Waals surface area (Å²) in [5, 5.41) is 8.98. The standard InChI is InChI=1S/C15H10F2O3/c1-8-2-4-9(5-3-8)14(18)10-6-12(16)13(17)7-11(10)15(19)20/h2-7H,1H3,(H,19,20). The Morgan fingerprint density at radius 3 is 1.95 bits per heavy atom. The molecule has 0 aromatic heterocycles. The summed E-state index contributed by atoms with van der Waals surface area (Å²) in [4.78, 5) is 23.2. The van der Waals surface area contributed by atoms with Gasteiger partial charge in [0.2, 0.25) is 0 Å². The molecule has 0 radical (unpaired) electrons. The lowest BCUT2D eigenvalue weighted by atomic mass is 9.97. The topological polar surface area (TPSA) is 54.4 Å². The van der Waals surface area contributed by atoms with Gasteiger partial charge in [0, 0.05) is 11.1 Å². The number of benzene rings is 2. The van der Waals surface area contributed by atoms with Crippen LogP contribution in [0.2, 0.25) is 0 Å². The van der Waals surface area contributed by atoms with E-state index in [4.69, 9.17) is 5.11 Å². The van der Waals surface area contributed by atoms with Crippen LogP contribution in [0.3, 0.4) is 0 Å². The predicted molar refractivity (Wildman–Crippen MR) is 67.9 cm³/mol. The van der Waals surface area contributed by atoms with E-state index in [1.807, 2.05) is 6.92 Å². The van der Waals surface area contributed by atoms with Crippen LogP contribution in [0, 0.1) is 18.6 Å². The Balaban J connectivity index is 2.56. The quantitative estimate of drug-likeness (QED) is 0.876. The normalized spacial score (nSPS) is 10.3. The summed E-state index contributed by atoms with van der Waals surface area (Å²) in [5.41, 5.74) is 0.198. The summed E-state index contributed by atoms with van der Waals surface area (Å²) in [6, 6.07) is 7.48. The molecule has 0 bridgehead atoms. The molecule has 0 unspecified atom stereocenters. The first kappa shape index (κ1) is 13.9. The number of carboxylic acids is 1. The summed E-state index contributed by atoms with van der Waals surface area (Å²) in [6.07, 6.45) is 0. The molecule has 5 heteroatoms. The van der Waals surface area contributed by atoms with Crippen molar-refractivity contribution in [1.29, 1.82) is 0 Å². The number of carboxylic acid groups (broad SMARTS) is 1. The van der Waals surface area contributed by atoms with E-state index in [2.05, 4.69) is 0 Å². The Hall–Kier alpha value is -2.56. The minimum Gasteiger partial charge on any atom is -0.478 e. The molecule has 0 aliphatic rings. The van der Waals surface area contributed by atoms with Gasteiger partial charge in [0.05, 0.1) is 5.56 Å². The fourth-order valence-corrected chi connectivity index (χ4v) is 1.77. The second-order valence-corrected chi connectivity index (χ2v) is 4.31. The zero-order chi connectivity index (χ0) is 14.9. The van der Waals surface area contributed by atoms with E-state index >= 15 is 0 Å². The fourth-order valence-electron chi connectivity index (χ4n) is 1.77. The van der Waals surface area contributed by atoms with Crippen LogP contribution in [0.4, 0.5) is 8.78 Å². The minimum atomic E-state index is -1.49. The van der Waals surface area contributed by atoms with Gasteiger partial charge in [0.25, 0.3) is 0 Å². The SMILES string of the molecule is Cc1ccc(C(=O)c2cc(F)c(F)cc2C(=O)O)cc1. The highest BCUT2D eigenvalue weighted by molar-refractivity contribution is 6.14. The van der Waals surface area contributed by atoms with Crippen LogP contribution in [0.5, 0.6) is 0 Å². The highest BCUT2D eigenvalue weighted by Crippen LogP contribution is 2.19. The molecular formula is C15H10F2O3. The third kappa shape index (κ3) is 2.56. The van der Waals surface area contributed by atoms with Crippen molar-refractivity contribution in [3.05, 3.63) is 70.3 Å². The predicted octanol–water partition coefficient (Wildman–Crippen LogP) is 3.20. The zero-order valence-corrected chi connectivity index (χ0v) is 10.5. The van der Waals surface area contributed by atoms with E-state index < -0.39 is 29.0 Å². The van der Waals surface area contributed by atoms with Gasteiger partial charge >= 0.3 is 5.97 Å². The summed E-state index contributed by atoms with van der Waals surface area (Å²) in [6.45, 7) is 1.83. The van der Waals surface area contributed by atoms with E-state index in [9.17, 15) is 18.4 Å². The van der Waals surface area contributed by atoms with Crippen molar-refractivity contribution in [3.8, 4) is 0 Å². The third-order valence-corrected chi connectivity index (χ3v) is 2.85. The second-order valence-electron chi connectivity index (χ2n) is 4.31. The van der Waals surface area contributed by atoms with Gasteiger partial charge in [0.1, 0.15) is 0 Å². The molecule has 0 saturated heterocycles. The molecule has 0 spiro atoms. The van der Waals surface area contributed by atoms with Crippen LogP contribution in [0.25, 0.3) is 0 Å². The second kappa shape index (κ2) is 5.21. The van der Waals surface area contributed by atoms with Gasteiger partial charge in [-0.15, -0.1) is 0 Å². The van der Waals surface area contributed by atoms with Crippen molar-refractivity contribution in [2.24, 2.45) is 0 Å². The molecule has 20 heavy (non-hydrogen) atoms. The first-order valence-electron chi connectivity index (χ1n) is 5.74. The molecule has 3 nitrogen and oxygen atoms in total. The highest BCUT2D eigenvalue weighted by atomic mass is 19.2. The maximum Gasteiger partial charge on any atom is 0.336 e. The van der Waals surface area contributed by atoms with Crippen molar-refractivity contribution in [2.45, 2.75) is 6.92 Å². The Morgan fingerprint density at radius 1 is 0.950 bits per heavy atom. The number of aromatic carboxylic acids is 1. The minimum absolute atomic E-state index is 0.212. The Kier molecular flexibility index (Phi) is 3.61. The van der Waals surface area contributed by atoms with E-state index in [-0.39, 0.29) is 11.1 Å². The van der Waals surface area contributed by atoms with Crippen LogP contribution < -0.4 is 0 Å². The van der Waals surface area contributed by atoms with E-state index in [1.165, 1.54) is 12.1 Å². The van der Waals surface area contributed by atoms with Gasteiger partial charge in [-0.25, -0.2) is 13.6 Å². The van der Waals surface area contributed by atoms with E-state index in [0.717, 1.165) is 5.56 Å². The Labute approximate surface area is 113 Å². The molecule has 0 heterocycles. The highest BCUT2D eigenvalue weighted by Gasteiger charge is 2.21. The molecule has 0 fully saturated rings. The molecule has 2 aromatic carbocycles. The number of ketones is 1.